The number of rotatable bonds is 8. The lowest BCUT2D eigenvalue weighted by atomic mass is 9.90. The molecular formula is C24H23FN2O2. The van der Waals surface area contributed by atoms with Crippen molar-refractivity contribution in [2.24, 2.45) is 0 Å². The molecule has 0 aromatic heterocycles. The van der Waals surface area contributed by atoms with E-state index >= 15 is 0 Å². The van der Waals surface area contributed by atoms with Crippen LogP contribution in [0.4, 0.5) is 4.39 Å². The maximum absolute atomic E-state index is 12.9. The summed E-state index contributed by atoms with van der Waals surface area (Å²) in [7, 11) is 0. The Morgan fingerprint density at radius 1 is 0.759 bits per heavy atom. The Morgan fingerprint density at radius 2 is 1.31 bits per heavy atom. The predicted molar refractivity (Wildman–Crippen MR) is 111 cm³/mol. The highest BCUT2D eigenvalue weighted by atomic mass is 19.1. The number of carbonyl (C=O) groups excluding carboxylic acids is 2. The molecule has 148 valence electrons. The lowest BCUT2D eigenvalue weighted by molar-refractivity contribution is -0.126. The van der Waals surface area contributed by atoms with E-state index in [0.717, 1.165) is 16.7 Å². The van der Waals surface area contributed by atoms with Crippen LogP contribution in [0.5, 0.6) is 0 Å². The topological polar surface area (TPSA) is 58.2 Å². The third-order valence-electron chi connectivity index (χ3n) is 4.60. The molecular weight excluding hydrogens is 367 g/mol. The van der Waals surface area contributed by atoms with E-state index < -0.39 is 5.92 Å². The zero-order valence-electron chi connectivity index (χ0n) is 16.0. The highest BCUT2D eigenvalue weighted by Gasteiger charge is 2.22. The number of amides is 2. The van der Waals surface area contributed by atoms with Crippen molar-refractivity contribution in [3.05, 3.63) is 107 Å². The van der Waals surface area contributed by atoms with Crippen LogP contribution in [-0.4, -0.2) is 24.9 Å². The number of hydrogen-bond acceptors (Lipinski definition) is 2. The monoisotopic (exact) mass is 390 g/mol. The first kappa shape index (κ1) is 20.3. The minimum atomic E-state index is -0.482. The molecule has 0 radical (unpaired) electrons. The van der Waals surface area contributed by atoms with Gasteiger partial charge in [-0.05, 0) is 35.2 Å². The summed E-state index contributed by atoms with van der Waals surface area (Å²) < 4.78 is 12.9. The van der Waals surface area contributed by atoms with Crippen LogP contribution < -0.4 is 10.6 Å². The largest absolute Gasteiger partial charge is 0.354 e. The van der Waals surface area contributed by atoms with Crippen molar-refractivity contribution >= 4 is 11.8 Å². The first-order valence-corrected chi connectivity index (χ1v) is 9.52. The smallest absolute Gasteiger partial charge is 0.239 e. The maximum Gasteiger partial charge on any atom is 0.239 e. The van der Waals surface area contributed by atoms with Gasteiger partial charge in [-0.25, -0.2) is 4.39 Å². The third-order valence-corrected chi connectivity index (χ3v) is 4.60. The molecule has 0 saturated heterocycles. The summed E-state index contributed by atoms with van der Waals surface area (Å²) in [6.45, 7) is 0.319. The van der Waals surface area contributed by atoms with E-state index in [2.05, 4.69) is 10.6 Å². The first-order chi connectivity index (χ1) is 14.1. The molecule has 0 aliphatic heterocycles. The number of hydrogen-bond donors (Lipinski definition) is 2. The number of benzene rings is 3. The van der Waals surface area contributed by atoms with Crippen molar-refractivity contribution in [2.75, 3.05) is 13.1 Å². The summed E-state index contributed by atoms with van der Waals surface area (Å²) in [6, 6.07) is 25.1. The maximum atomic E-state index is 12.9. The highest BCUT2D eigenvalue weighted by molar-refractivity contribution is 5.90. The molecule has 0 aliphatic rings. The molecule has 0 bridgehead atoms. The van der Waals surface area contributed by atoms with Gasteiger partial charge in [0.05, 0.1) is 12.5 Å². The molecule has 3 aromatic rings. The van der Waals surface area contributed by atoms with Crippen molar-refractivity contribution in [1.82, 2.24) is 10.6 Å². The lowest BCUT2D eigenvalue weighted by Crippen LogP contribution is -2.39. The van der Waals surface area contributed by atoms with E-state index in [1.165, 1.54) is 12.1 Å². The average Bonchev–Trinajstić information content (AvgIpc) is 2.75. The zero-order valence-corrected chi connectivity index (χ0v) is 16.0. The van der Waals surface area contributed by atoms with Crippen molar-refractivity contribution < 1.29 is 14.0 Å². The van der Waals surface area contributed by atoms with Crippen molar-refractivity contribution in [3.63, 3.8) is 0 Å². The van der Waals surface area contributed by atoms with E-state index in [9.17, 15) is 14.0 Å². The van der Waals surface area contributed by atoms with E-state index in [4.69, 9.17) is 0 Å². The number of nitrogens with one attached hydrogen (secondary N) is 2. The Labute approximate surface area is 169 Å². The van der Waals surface area contributed by atoms with Crippen LogP contribution >= 0.6 is 0 Å². The van der Waals surface area contributed by atoms with Crippen LogP contribution in [-0.2, 0) is 16.0 Å². The molecule has 3 aromatic carbocycles. The van der Waals surface area contributed by atoms with Gasteiger partial charge in [0.1, 0.15) is 5.82 Å². The minimum absolute atomic E-state index is 0.0988. The molecule has 0 unspecified atom stereocenters. The van der Waals surface area contributed by atoms with Crippen molar-refractivity contribution in [3.8, 4) is 0 Å². The zero-order chi connectivity index (χ0) is 20.5. The van der Waals surface area contributed by atoms with E-state index in [1.54, 1.807) is 12.1 Å². The number of halogens is 1. The van der Waals surface area contributed by atoms with Crippen LogP contribution in [0.15, 0.2) is 84.9 Å². The Kier molecular flexibility index (Phi) is 7.11. The fourth-order valence-corrected chi connectivity index (χ4v) is 3.12. The van der Waals surface area contributed by atoms with Crippen LogP contribution in [0.25, 0.3) is 0 Å². The van der Waals surface area contributed by atoms with Crippen LogP contribution in [0.2, 0.25) is 0 Å². The Balaban J connectivity index is 1.54. The number of carbonyl (C=O) groups is 2. The predicted octanol–water partition coefficient (Wildman–Crippen LogP) is 3.43. The first-order valence-electron chi connectivity index (χ1n) is 9.52. The summed E-state index contributed by atoms with van der Waals surface area (Å²) in [6.07, 6.45) is 0.594. The molecule has 3 rings (SSSR count). The Hall–Kier alpha value is -3.47. The summed E-state index contributed by atoms with van der Waals surface area (Å²) in [5, 5.41) is 5.51. The minimum Gasteiger partial charge on any atom is -0.354 e. The van der Waals surface area contributed by atoms with E-state index in [0.29, 0.717) is 13.0 Å². The molecule has 0 fully saturated rings. The second kappa shape index (κ2) is 10.2. The average molecular weight is 390 g/mol. The molecule has 0 atom stereocenters. The van der Waals surface area contributed by atoms with Crippen LogP contribution in [0.1, 0.15) is 22.6 Å². The van der Waals surface area contributed by atoms with Gasteiger partial charge < -0.3 is 10.6 Å². The van der Waals surface area contributed by atoms with Gasteiger partial charge in [0.2, 0.25) is 11.8 Å². The standard InChI is InChI=1S/C24H23FN2O2/c25-21-13-11-18(12-14-21)15-16-26-22(28)17-27-24(29)23(19-7-3-1-4-8-19)20-9-5-2-6-10-20/h1-14,23H,15-17H2,(H,26,28)(H,27,29). The Morgan fingerprint density at radius 3 is 1.86 bits per heavy atom. The highest BCUT2D eigenvalue weighted by Crippen LogP contribution is 2.24. The second-order valence-electron chi connectivity index (χ2n) is 6.70. The van der Waals surface area contributed by atoms with Gasteiger partial charge in [-0.3, -0.25) is 9.59 Å². The molecule has 2 N–H and O–H groups in total. The lowest BCUT2D eigenvalue weighted by Gasteiger charge is -2.18. The molecule has 0 aliphatic carbocycles. The summed E-state index contributed by atoms with van der Waals surface area (Å²) >= 11 is 0. The van der Waals surface area contributed by atoms with Gasteiger partial charge in [-0.2, -0.15) is 0 Å². The second-order valence-corrected chi connectivity index (χ2v) is 6.70. The van der Waals surface area contributed by atoms with E-state index in [1.807, 2.05) is 60.7 Å². The van der Waals surface area contributed by atoms with E-state index in [-0.39, 0.29) is 24.2 Å². The normalized spacial score (nSPS) is 10.6. The van der Waals surface area contributed by atoms with Crippen molar-refractivity contribution in [1.29, 1.82) is 0 Å². The quantitative estimate of drug-likeness (QED) is 0.619. The SMILES string of the molecule is O=C(CNC(=O)C(c1ccccc1)c1ccccc1)NCCc1ccc(F)cc1. The van der Waals surface area contributed by atoms with Gasteiger partial charge in [-0.1, -0.05) is 72.8 Å². The molecule has 0 spiro atoms. The fourth-order valence-electron chi connectivity index (χ4n) is 3.12. The van der Waals surface area contributed by atoms with Crippen LogP contribution in [0, 0.1) is 5.82 Å². The van der Waals surface area contributed by atoms with Gasteiger partial charge in [0.25, 0.3) is 0 Å². The summed E-state index contributed by atoms with van der Waals surface area (Å²) in [5.41, 5.74) is 2.67. The molecule has 29 heavy (non-hydrogen) atoms. The van der Waals surface area contributed by atoms with Crippen molar-refractivity contribution in [2.45, 2.75) is 12.3 Å². The third kappa shape index (κ3) is 6.01. The van der Waals surface area contributed by atoms with Crippen LogP contribution in [0.3, 0.4) is 0 Å². The fraction of sp³-hybridized carbons (Fsp3) is 0.167. The molecule has 0 saturated carbocycles. The van der Waals surface area contributed by atoms with Gasteiger partial charge in [0.15, 0.2) is 0 Å². The molecule has 4 nitrogen and oxygen atoms in total. The summed E-state index contributed by atoms with van der Waals surface area (Å²) in [4.78, 5) is 25.0. The van der Waals surface area contributed by atoms with Gasteiger partial charge in [-0.15, -0.1) is 0 Å². The summed E-state index contributed by atoms with van der Waals surface area (Å²) in [5.74, 6) is -1.26. The van der Waals surface area contributed by atoms with Gasteiger partial charge in [0, 0.05) is 6.54 Å². The molecule has 2 amide bonds. The molecule has 5 heteroatoms. The molecule has 0 heterocycles. The van der Waals surface area contributed by atoms with Gasteiger partial charge >= 0.3 is 0 Å². The Bertz CT molecular complexity index is 889.